The number of ether oxygens (including phenoxy) is 1. The second kappa shape index (κ2) is 7.32. The van der Waals surface area contributed by atoms with Gasteiger partial charge in [0.2, 0.25) is 0 Å². The summed E-state index contributed by atoms with van der Waals surface area (Å²) in [5, 5.41) is 11.6. The molecule has 0 saturated heterocycles. The van der Waals surface area contributed by atoms with E-state index in [0.717, 1.165) is 0 Å². The molecule has 136 valence electrons. The van der Waals surface area contributed by atoms with Crippen LogP contribution in [0.4, 0.5) is 10.6 Å². The summed E-state index contributed by atoms with van der Waals surface area (Å²) < 4.78 is 6.85. The Labute approximate surface area is 144 Å². The van der Waals surface area contributed by atoms with Crippen molar-refractivity contribution in [1.29, 1.82) is 0 Å². The Bertz CT molecular complexity index is 767. The molecule has 0 fully saturated rings. The summed E-state index contributed by atoms with van der Waals surface area (Å²) in [6.45, 7) is 5.60. The van der Waals surface area contributed by atoms with Crippen molar-refractivity contribution in [3.63, 3.8) is 0 Å². The fourth-order valence-corrected chi connectivity index (χ4v) is 2.24. The molecule has 0 spiro atoms. The van der Waals surface area contributed by atoms with Crippen molar-refractivity contribution in [2.75, 3.05) is 5.73 Å². The number of amides is 1. The van der Waals surface area contributed by atoms with Crippen molar-refractivity contribution in [3.05, 3.63) is 12.7 Å². The maximum absolute atomic E-state index is 11.7. The number of nitrogen functional groups attached to an aromatic ring is 1. The highest BCUT2D eigenvalue weighted by Gasteiger charge is 2.23. The van der Waals surface area contributed by atoms with Crippen molar-refractivity contribution in [2.24, 2.45) is 0 Å². The molecule has 4 N–H and O–H groups in total. The Morgan fingerprint density at radius 3 is 2.72 bits per heavy atom. The number of rotatable bonds is 6. The number of hydrogen-bond donors (Lipinski definition) is 3. The van der Waals surface area contributed by atoms with Gasteiger partial charge in [-0.1, -0.05) is 0 Å². The molecule has 0 unspecified atom stereocenters. The highest BCUT2D eigenvalue weighted by molar-refractivity contribution is 5.81. The largest absolute Gasteiger partial charge is 0.480 e. The molecule has 0 radical (unpaired) electrons. The van der Waals surface area contributed by atoms with Crippen LogP contribution in [0.5, 0.6) is 0 Å². The number of fused-ring (bicyclic) bond motifs is 1. The highest BCUT2D eigenvalue weighted by atomic mass is 16.6. The SMILES string of the molecule is CC(C)(C)OC(=O)N[C@H](CCCn1cnc2c(N)ncnc21)C(=O)O. The molecule has 0 aliphatic heterocycles. The second-order valence-electron chi connectivity index (χ2n) is 6.55. The summed E-state index contributed by atoms with van der Waals surface area (Å²) in [6.07, 6.45) is 2.89. The standard InChI is InChI=1S/C15H22N6O4/c1-15(2,3)25-14(24)20-9(13(22)23)5-4-6-21-8-19-10-11(16)17-7-18-12(10)21/h7-9H,4-6H2,1-3H3,(H,20,24)(H,22,23)(H2,16,17,18)/t9-/m1/s1. The quantitative estimate of drug-likeness (QED) is 0.703. The molecule has 2 aromatic rings. The first kappa shape index (κ1) is 18.4. The molecule has 0 bridgehead atoms. The van der Waals surface area contributed by atoms with E-state index in [1.807, 2.05) is 0 Å². The molecule has 1 atom stereocenters. The van der Waals surface area contributed by atoms with Gasteiger partial charge >= 0.3 is 12.1 Å². The van der Waals surface area contributed by atoms with Gasteiger partial charge in [0, 0.05) is 6.54 Å². The van der Waals surface area contributed by atoms with Gasteiger partial charge in [-0.05, 0) is 33.6 Å². The molecule has 0 aromatic carbocycles. The van der Waals surface area contributed by atoms with E-state index in [1.54, 1.807) is 31.7 Å². The fraction of sp³-hybridized carbons (Fsp3) is 0.533. The third kappa shape index (κ3) is 5.03. The summed E-state index contributed by atoms with van der Waals surface area (Å²) in [5.41, 5.74) is 6.12. The minimum absolute atomic E-state index is 0.231. The van der Waals surface area contributed by atoms with Crippen molar-refractivity contribution in [3.8, 4) is 0 Å². The van der Waals surface area contributed by atoms with Gasteiger partial charge in [-0.2, -0.15) is 0 Å². The van der Waals surface area contributed by atoms with Gasteiger partial charge in [-0.3, -0.25) is 0 Å². The molecule has 0 aliphatic rings. The monoisotopic (exact) mass is 350 g/mol. The number of anilines is 1. The Hall–Kier alpha value is -2.91. The zero-order chi connectivity index (χ0) is 18.6. The minimum Gasteiger partial charge on any atom is -0.480 e. The van der Waals surface area contributed by atoms with Crippen LogP contribution in [-0.2, 0) is 16.1 Å². The van der Waals surface area contributed by atoms with Gasteiger partial charge < -0.3 is 25.5 Å². The average molecular weight is 350 g/mol. The van der Waals surface area contributed by atoms with Crippen LogP contribution in [0.25, 0.3) is 11.2 Å². The number of carbonyl (C=O) groups excluding carboxylic acids is 1. The first-order valence-corrected chi connectivity index (χ1v) is 7.81. The maximum atomic E-state index is 11.7. The summed E-state index contributed by atoms with van der Waals surface area (Å²) in [7, 11) is 0. The third-order valence-electron chi connectivity index (χ3n) is 3.31. The van der Waals surface area contributed by atoms with Crippen LogP contribution < -0.4 is 11.1 Å². The Kier molecular flexibility index (Phi) is 5.40. The smallest absolute Gasteiger partial charge is 0.408 e. The van der Waals surface area contributed by atoms with Crippen LogP contribution in [0.2, 0.25) is 0 Å². The number of alkyl carbamates (subject to hydrolysis) is 1. The number of nitrogens with two attached hydrogens (primary N) is 1. The van der Waals surface area contributed by atoms with Crippen LogP contribution in [0.15, 0.2) is 12.7 Å². The van der Waals surface area contributed by atoms with Crippen LogP contribution in [-0.4, -0.2) is 48.3 Å². The number of nitrogens with one attached hydrogen (secondary N) is 1. The van der Waals surface area contributed by atoms with Gasteiger partial charge in [-0.15, -0.1) is 0 Å². The van der Waals surface area contributed by atoms with Crippen molar-refractivity contribution < 1.29 is 19.4 Å². The van der Waals surface area contributed by atoms with E-state index in [0.29, 0.717) is 29.9 Å². The first-order chi connectivity index (χ1) is 11.7. The van der Waals surface area contributed by atoms with Crippen molar-refractivity contribution >= 4 is 29.0 Å². The lowest BCUT2D eigenvalue weighted by molar-refractivity contribution is -0.139. The Balaban J connectivity index is 1.94. The molecular weight excluding hydrogens is 328 g/mol. The average Bonchev–Trinajstić information content (AvgIpc) is 2.89. The number of aromatic nitrogens is 4. The first-order valence-electron chi connectivity index (χ1n) is 7.81. The van der Waals surface area contributed by atoms with E-state index in [9.17, 15) is 14.7 Å². The predicted octanol–water partition coefficient (Wildman–Crippen LogP) is 1.17. The molecule has 2 rings (SSSR count). The molecule has 2 heterocycles. The van der Waals surface area contributed by atoms with Gasteiger partial charge in [0.05, 0.1) is 6.33 Å². The van der Waals surface area contributed by atoms with E-state index in [1.165, 1.54) is 6.33 Å². The summed E-state index contributed by atoms with van der Waals surface area (Å²) in [6, 6.07) is -1.04. The number of aryl methyl sites for hydroxylation is 1. The summed E-state index contributed by atoms with van der Waals surface area (Å²) in [5.74, 6) is -0.827. The normalized spacial score (nSPS) is 12.8. The number of imidazole rings is 1. The van der Waals surface area contributed by atoms with Crippen molar-refractivity contribution in [1.82, 2.24) is 24.8 Å². The maximum Gasteiger partial charge on any atom is 0.408 e. The molecule has 10 nitrogen and oxygen atoms in total. The number of carboxylic acid groups (broad SMARTS) is 1. The molecule has 2 aromatic heterocycles. The van der Waals surface area contributed by atoms with E-state index in [4.69, 9.17) is 10.5 Å². The molecular formula is C15H22N6O4. The summed E-state index contributed by atoms with van der Waals surface area (Å²) in [4.78, 5) is 35.2. The number of carboxylic acids is 1. The van der Waals surface area contributed by atoms with Crippen LogP contribution >= 0.6 is 0 Å². The molecule has 10 heteroatoms. The van der Waals surface area contributed by atoms with Gasteiger partial charge in [0.1, 0.15) is 23.5 Å². The number of carbonyl (C=O) groups is 2. The second-order valence-corrected chi connectivity index (χ2v) is 6.55. The number of hydrogen-bond acceptors (Lipinski definition) is 7. The lowest BCUT2D eigenvalue weighted by atomic mass is 10.1. The van der Waals surface area contributed by atoms with Crippen molar-refractivity contribution in [2.45, 2.75) is 51.8 Å². The third-order valence-corrected chi connectivity index (χ3v) is 3.31. The number of nitrogens with zero attached hydrogens (tertiary/aromatic N) is 4. The zero-order valence-corrected chi connectivity index (χ0v) is 14.4. The van der Waals surface area contributed by atoms with Crippen LogP contribution in [0.1, 0.15) is 33.6 Å². The van der Waals surface area contributed by atoms with E-state index in [-0.39, 0.29) is 6.42 Å². The van der Waals surface area contributed by atoms with E-state index < -0.39 is 23.7 Å². The topological polar surface area (TPSA) is 145 Å². The lowest BCUT2D eigenvalue weighted by Crippen LogP contribution is -2.43. The molecule has 1 amide bonds. The van der Waals surface area contributed by atoms with E-state index in [2.05, 4.69) is 20.3 Å². The Morgan fingerprint density at radius 1 is 1.36 bits per heavy atom. The molecule has 0 aliphatic carbocycles. The fourth-order valence-electron chi connectivity index (χ4n) is 2.24. The van der Waals surface area contributed by atoms with Crippen LogP contribution in [0, 0.1) is 0 Å². The Morgan fingerprint density at radius 2 is 2.08 bits per heavy atom. The molecule has 25 heavy (non-hydrogen) atoms. The van der Waals surface area contributed by atoms with Gasteiger partial charge in [0.15, 0.2) is 11.5 Å². The zero-order valence-electron chi connectivity index (χ0n) is 14.4. The lowest BCUT2D eigenvalue weighted by Gasteiger charge is -2.22. The predicted molar refractivity (Wildman–Crippen MR) is 89.8 cm³/mol. The minimum atomic E-state index is -1.12. The van der Waals surface area contributed by atoms with Gasteiger partial charge in [-0.25, -0.2) is 24.5 Å². The summed E-state index contributed by atoms with van der Waals surface area (Å²) >= 11 is 0. The number of aliphatic carboxylic acids is 1. The van der Waals surface area contributed by atoms with Crippen LogP contribution in [0.3, 0.4) is 0 Å². The van der Waals surface area contributed by atoms with E-state index >= 15 is 0 Å². The van der Waals surface area contributed by atoms with Gasteiger partial charge in [0.25, 0.3) is 0 Å². The highest BCUT2D eigenvalue weighted by Crippen LogP contribution is 2.15. The molecule has 0 saturated carbocycles.